The number of nitrogens with one attached hydrogen (secondary N) is 2. The van der Waals surface area contributed by atoms with Crippen molar-refractivity contribution in [3.63, 3.8) is 0 Å². The van der Waals surface area contributed by atoms with Gasteiger partial charge in [-0.1, -0.05) is 32.0 Å². The van der Waals surface area contributed by atoms with Crippen LogP contribution in [0.4, 0.5) is 17.1 Å². The van der Waals surface area contributed by atoms with Gasteiger partial charge in [0.25, 0.3) is 0 Å². The third-order valence-corrected chi connectivity index (χ3v) is 5.20. The largest absolute Gasteiger partial charge is 0.326 e. The van der Waals surface area contributed by atoms with Crippen LogP contribution in [0.15, 0.2) is 42.5 Å². The molecule has 2 aromatic rings. The van der Waals surface area contributed by atoms with Crippen molar-refractivity contribution in [1.82, 2.24) is 0 Å². The molecule has 1 atom stereocenters. The molecule has 1 fully saturated rings. The lowest BCUT2D eigenvalue weighted by atomic mass is 10.0. The zero-order valence-corrected chi connectivity index (χ0v) is 17.1. The molecular weight excluding hydrogens is 366 g/mol. The van der Waals surface area contributed by atoms with Crippen LogP contribution in [-0.2, 0) is 27.2 Å². The topological polar surface area (TPSA) is 78.5 Å². The summed E-state index contributed by atoms with van der Waals surface area (Å²) in [6.45, 7) is 5.99. The van der Waals surface area contributed by atoms with E-state index in [1.165, 1.54) is 6.92 Å². The molecule has 3 rings (SSSR count). The van der Waals surface area contributed by atoms with Gasteiger partial charge in [-0.2, -0.15) is 0 Å². The first-order valence-electron chi connectivity index (χ1n) is 10.0. The Morgan fingerprint density at radius 2 is 1.52 bits per heavy atom. The maximum absolute atomic E-state index is 12.7. The molecule has 1 unspecified atom stereocenters. The van der Waals surface area contributed by atoms with Crippen LogP contribution < -0.4 is 15.5 Å². The van der Waals surface area contributed by atoms with Crippen molar-refractivity contribution >= 4 is 34.8 Å². The lowest BCUT2D eigenvalue weighted by molar-refractivity contribution is -0.122. The summed E-state index contributed by atoms with van der Waals surface area (Å²) < 4.78 is 0. The highest BCUT2D eigenvalue weighted by Crippen LogP contribution is 2.32. The van der Waals surface area contributed by atoms with Crippen LogP contribution in [0.1, 0.15) is 38.3 Å². The van der Waals surface area contributed by atoms with Crippen LogP contribution in [-0.4, -0.2) is 24.3 Å². The summed E-state index contributed by atoms with van der Waals surface area (Å²) in [5.41, 5.74) is 4.54. The molecule has 6 nitrogen and oxygen atoms in total. The summed E-state index contributed by atoms with van der Waals surface area (Å²) in [5, 5.41) is 5.57. The van der Waals surface area contributed by atoms with Gasteiger partial charge in [0.2, 0.25) is 17.7 Å². The zero-order chi connectivity index (χ0) is 21.0. The van der Waals surface area contributed by atoms with Crippen molar-refractivity contribution in [1.29, 1.82) is 0 Å². The van der Waals surface area contributed by atoms with E-state index in [2.05, 4.69) is 24.5 Å². The Labute approximate surface area is 171 Å². The van der Waals surface area contributed by atoms with Gasteiger partial charge in [0.1, 0.15) is 0 Å². The van der Waals surface area contributed by atoms with E-state index in [9.17, 15) is 14.4 Å². The van der Waals surface area contributed by atoms with E-state index in [1.807, 2.05) is 18.2 Å². The van der Waals surface area contributed by atoms with Crippen molar-refractivity contribution < 1.29 is 14.4 Å². The molecule has 1 heterocycles. The Hall–Kier alpha value is -3.15. The number of amides is 3. The average Bonchev–Trinajstić information content (AvgIpc) is 3.09. The number of nitrogens with zero attached hydrogens (tertiary/aromatic N) is 1. The smallest absolute Gasteiger partial charge is 0.229 e. The average molecular weight is 393 g/mol. The molecule has 29 heavy (non-hydrogen) atoms. The summed E-state index contributed by atoms with van der Waals surface area (Å²) in [6, 6.07) is 13.1. The van der Waals surface area contributed by atoms with Gasteiger partial charge < -0.3 is 15.5 Å². The predicted octanol–water partition coefficient (Wildman–Crippen LogP) is 3.76. The number of carbonyl (C=O) groups is 3. The fourth-order valence-electron chi connectivity index (χ4n) is 3.75. The molecular formula is C23H27N3O3. The molecule has 0 aliphatic carbocycles. The predicted molar refractivity (Wildman–Crippen MR) is 115 cm³/mol. The molecule has 0 saturated carbocycles. The standard InChI is InChI=1S/C23H27N3O3/c1-4-16-7-6-8-17(5-2)22(16)26-14-18(13-21(26)28)23(29)25-20-11-9-19(10-12-20)24-15(3)27/h6-12,18H,4-5,13-14H2,1-3H3,(H,24,27)(H,25,29). The Morgan fingerprint density at radius 3 is 2.03 bits per heavy atom. The molecule has 0 aromatic heterocycles. The minimum atomic E-state index is -0.396. The second-order valence-electron chi connectivity index (χ2n) is 7.29. The number of para-hydroxylation sites is 1. The van der Waals surface area contributed by atoms with E-state index >= 15 is 0 Å². The first-order chi connectivity index (χ1) is 13.9. The van der Waals surface area contributed by atoms with E-state index < -0.39 is 5.92 Å². The number of rotatable bonds is 6. The van der Waals surface area contributed by atoms with Gasteiger partial charge >= 0.3 is 0 Å². The van der Waals surface area contributed by atoms with E-state index in [0.717, 1.165) is 29.7 Å². The van der Waals surface area contributed by atoms with Crippen molar-refractivity contribution in [2.45, 2.75) is 40.0 Å². The zero-order valence-electron chi connectivity index (χ0n) is 17.1. The highest BCUT2D eigenvalue weighted by atomic mass is 16.2. The lowest BCUT2D eigenvalue weighted by Crippen LogP contribution is -2.29. The van der Waals surface area contributed by atoms with Crippen LogP contribution in [0, 0.1) is 5.92 Å². The summed E-state index contributed by atoms with van der Waals surface area (Å²) in [5.74, 6) is -0.723. The number of benzene rings is 2. The van der Waals surface area contributed by atoms with E-state index in [0.29, 0.717) is 17.9 Å². The maximum Gasteiger partial charge on any atom is 0.229 e. The molecule has 2 N–H and O–H groups in total. The molecule has 1 aliphatic rings. The van der Waals surface area contributed by atoms with Crippen molar-refractivity contribution in [3.05, 3.63) is 53.6 Å². The fourth-order valence-corrected chi connectivity index (χ4v) is 3.75. The van der Waals surface area contributed by atoms with E-state index in [1.54, 1.807) is 29.2 Å². The molecule has 6 heteroatoms. The van der Waals surface area contributed by atoms with Crippen LogP contribution in [0.2, 0.25) is 0 Å². The van der Waals surface area contributed by atoms with Gasteiger partial charge in [-0.3, -0.25) is 14.4 Å². The first kappa shape index (κ1) is 20.6. The maximum atomic E-state index is 12.7. The Kier molecular flexibility index (Phi) is 6.32. The van der Waals surface area contributed by atoms with E-state index in [-0.39, 0.29) is 24.1 Å². The molecule has 1 aliphatic heterocycles. The third kappa shape index (κ3) is 4.65. The number of hydrogen-bond acceptors (Lipinski definition) is 3. The fraction of sp³-hybridized carbons (Fsp3) is 0.348. The molecule has 152 valence electrons. The Morgan fingerprint density at radius 1 is 0.966 bits per heavy atom. The quantitative estimate of drug-likeness (QED) is 0.784. The van der Waals surface area contributed by atoms with Gasteiger partial charge in [-0.05, 0) is 48.2 Å². The summed E-state index contributed by atoms with van der Waals surface area (Å²) in [6.07, 6.45) is 1.88. The number of anilines is 3. The normalized spacial score (nSPS) is 16.0. The molecule has 0 radical (unpaired) electrons. The summed E-state index contributed by atoms with van der Waals surface area (Å²) >= 11 is 0. The van der Waals surface area contributed by atoms with Crippen molar-refractivity contribution in [2.24, 2.45) is 5.92 Å². The van der Waals surface area contributed by atoms with Gasteiger partial charge in [-0.25, -0.2) is 0 Å². The minimum Gasteiger partial charge on any atom is -0.326 e. The summed E-state index contributed by atoms with van der Waals surface area (Å²) in [7, 11) is 0. The van der Waals surface area contributed by atoms with Crippen LogP contribution in [0.25, 0.3) is 0 Å². The number of aryl methyl sites for hydroxylation is 2. The molecule has 0 bridgehead atoms. The second-order valence-corrected chi connectivity index (χ2v) is 7.29. The second kappa shape index (κ2) is 8.90. The third-order valence-electron chi connectivity index (χ3n) is 5.20. The highest BCUT2D eigenvalue weighted by molar-refractivity contribution is 6.04. The Balaban J connectivity index is 1.72. The SMILES string of the molecule is CCc1cccc(CC)c1N1CC(C(=O)Nc2ccc(NC(C)=O)cc2)CC1=O. The van der Waals surface area contributed by atoms with E-state index in [4.69, 9.17) is 0 Å². The molecule has 1 saturated heterocycles. The highest BCUT2D eigenvalue weighted by Gasteiger charge is 2.36. The monoisotopic (exact) mass is 393 g/mol. The van der Waals surface area contributed by atoms with Crippen LogP contribution in [0.5, 0.6) is 0 Å². The molecule has 0 spiro atoms. The van der Waals surface area contributed by atoms with Crippen molar-refractivity contribution in [3.8, 4) is 0 Å². The number of carbonyl (C=O) groups excluding carboxylic acids is 3. The number of hydrogen-bond donors (Lipinski definition) is 2. The minimum absolute atomic E-state index is 0.0123. The Bertz CT molecular complexity index is 899. The lowest BCUT2D eigenvalue weighted by Gasteiger charge is -2.23. The van der Waals surface area contributed by atoms with Crippen LogP contribution >= 0.6 is 0 Å². The molecule has 2 aromatic carbocycles. The van der Waals surface area contributed by atoms with Crippen LogP contribution in [0.3, 0.4) is 0 Å². The first-order valence-corrected chi connectivity index (χ1v) is 10.0. The van der Waals surface area contributed by atoms with Crippen molar-refractivity contribution in [2.75, 3.05) is 22.1 Å². The van der Waals surface area contributed by atoms with Gasteiger partial charge in [0.05, 0.1) is 5.92 Å². The molecule has 3 amide bonds. The van der Waals surface area contributed by atoms with Gasteiger partial charge in [0.15, 0.2) is 0 Å². The van der Waals surface area contributed by atoms with Gasteiger partial charge in [-0.15, -0.1) is 0 Å². The van der Waals surface area contributed by atoms with Gasteiger partial charge in [0, 0.05) is 37.0 Å². The summed E-state index contributed by atoms with van der Waals surface area (Å²) in [4.78, 5) is 38.4.